The van der Waals surface area contributed by atoms with E-state index in [1.807, 2.05) is 24.3 Å². The molecule has 1 aliphatic heterocycles. The van der Waals surface area contributed by atoms with Crippen molar-refractivity contribution in [1.29, 1.82) is 0 Å². The number of amides is 2. The van der Waals surface area contributed by atoms with Crippen LogP contribution in [0.2, 0.25) is 0 Å². The number of methoxy groups -OCH3 is 3. The molecule has 7 nitrogen and oxygen atoms in total. The van der Waals surface area contributed by atoms with Crippen molar-refractivity contribution >= 4 is 17.5 Å². The number of nitrogens with zero attached hydrogens (tertiary/aromatic N) is 1. The average molecular weight is 427 g/mol. The Balaban J connectivity index is 1.62. The number of hydrogen-bond acceptors (Lipinski definition) is 5. The molecule has 166 valence electrons. The lowest BCUT2D eigenvalue weighted by molar-refractivity contribution is -0.121. The third-order valence-electron chi connectivity index (χ3n) is 5.69. The summed E-state index contributed by atoms with van der Waals surface area (Å²) in [5.41, 5.74) is 2.50. The van der Waals surface area contributed by atoms with Gasteiger partial charge in [-0.25, -0.2) is 0 Å². The maximum absolute atomic E-state index is 13.0. The number of ether oxygens (including phenoxy) is 3. The van der Waals surface area contributed by atoms with E-state index in [1.54, 1.807) is 17.0 Å². The summed E-state index contributed by atoms with van der Waals surface area (Å²) in [7, 11) is 4.56. The summed E-state index contributed by atoms with van der Waals surface area (Å²) in [5, 5.41) is 2.99. The van der Waals surface area contributed by atoms with Gasteiger partial charge in [0.05, 0.1) is 21.3 Å². The molecule has 7 heteroatoms. The van der Waals surface area contributed by atoms with Gasteiger partial charge in [0.25, 0.3) is 5.91 Å². The van der Waals surface area contributed by atoms with Gasteiger partial charge in [0, 0.05) is 30.3 Å². The number of likely N-dealkylation sites (tertiary alicyclic amines) is 1. The number of nitrogens with one attached hydrogen (secondary N) is 1. The monoisotopic (exact) mass is 426 g/mol. The van der Waals surface area contributed by atoms with Gasteiger partial charge in [0.2, 0.25) is 11.7 Å². The Morgan fingerprint density at radius 2 is 1.55 bits per heavy atom. The quantitative estimate of drug-likeness (QED) is 0.729. The summed E-state index contributed by atoms with van der Waals surface area (Å²) in [6, 6.07) is 11.2. The SMILES string of the molecule is CCc1ccc(NC(=O)C2CCN(C(=O)c3cc(OC)c(OC)c(OC)c3)CC2)cc1. The van der Waals surface area contributed by atoms with Crippen LogP contribution in [0.4, 0.5) is 5.69 Å². The van der Waals surface area contributed by atoms with E-state index in [0.717, 1.165) is 12.1 Å². The standard InChI is InChI=1S/C24H30N2O5/c1-5-16-6-8-19(9-7-16)25-23(27)17-10-12-26(13-11-17)24(28)18-14-20(29-2)22(31-4)21(15-18)30-3/h6-9,14-15,17H,5,10-13H2,1-4H3,(H,25,27). The Labute approximate surface area is 183 Å². The van der Waals surface area contributed by atoms with Crippen LogP contribution in [0.25, 0.3) is 0 Å². The molecule has 0 spiro atoms. The maximum atomic E-state index is 13.0. The molecule has 2 amide bonds. The van der Waals surface area contributed by atoms with Crippen LogP contribution in [-0.4, -0.2) is 51.1 Å². The molecule has 31 heavy (non-hydrogen) atoms. The number of piperidine rings is 1. The molecule has 0 bridgehead atoms. The summed E-state index contributed by atoms with van der Waals surface area (Å²) in [5.74, 6) is 1.10. The zero-order valence-electron chi connectivity index (χ0n) is 18.6. The van der Waals surface area contributed by atoms with Gasteiger partial charge in [-0.1, -0.05) is 19.1 Å². The maximum Gasteiger partial charge on any atom is 0.254 e. The van der Waals surface area contributed by atoms with Gasteiger partial charge in [-0.15, -0.1) is 0 Å². The normalized spacial score (nSPS) is 14.1. The van der Waals surface area contributed by atoms with Crippen LogP contribution in [0.1, 0.15) is 35.7 Å². The number of rotatable bonds is 7. The predicted molar refractivity (Wildman–Crippen MR) is 119 cm³/mol. The number of hydrogen-bond donors (Lipinski definition) is 1. The van der Waals surface area contributed by atoms with Crippen molar-refractivity contribution in [1.82, 2.24) is 4.90 Å². The summed E-state index contributed by atoms with van der Waals surface area (Å²) in [6.45, 7) is 3.13. The van der Waals surface area contributed by atoms with Crippen molar-refractivity contribution in [3.8, 4) is 17.2 Å². The highest BCUT2D eigenvalue weighted by Gasteiger charge is 2.29. The van der Waals surface area contributed by atoms with E-state index < -0.39 is 0 Å². The summed E-state index contributed by atoms with van der Waals surface area (Å²) < 4.78 is 16.0. The van der Waals surface area contributed by atoms with E-state index in [1.165, 1.54) is 26.9 Å². The second kappa shape index (κ2) is 10.2. The second-order valence-electron chi connectivity index (χ2n) is 7.52. The number of aryl methyl sites for hydroxylation is 1. The minimum atomic E-state index is -0.117. The third kappa shape index (κ3) is 5.10. The largest absolute Gasteiger partial charge is 0.493 e. The van der Waals surface area contributed by atoms with Crippen LogP contribution in [0.5, 0.6) is 17.2 Å². The first-order chi connectivity index (χ1) is 15.0. The highest BCUT2D eigenvalue weighted by molar-refractivity contribution is 5.96. The van der Waals surface area contributed by atoms with Crippen LogP contribution in [0.3, 0.4) is 0 Å². The number of anilines is 1. The molecule has 1 fully saturated rings. The number of benzene rings is 2. The molecular weight excluding hydrogens is 396 g/mol. The van der Waals surface area contributed by atoms with Gasteiger partial charge in [0.15, 0.2) is 11.5 Å². The first-order valence-corrected chi connectivity index (χ1v) is 10.5. The molecule has 1 heterocycles. The topological polar surface area (TPSA) is 77.1 Å². The molecule has 0 radical (unpaired) electrons. The highest BCUT2D eigenvalue weighted by atomic mass is 16.5. The molecule has 0 aliphatic carbocycles. The van der Waals surface area contributed by atoms with E-state index in [0.29, 0.717) is 48.7 Å². The molecular formula is C24H30N2O5. The van der Waals surface area contributed by atoms with E-state index in [2.05, 4.69) is 12.2 Å². The molecule has 0 unspecified atom stereocenters. The van der Waals surface area contributed by atoms with Crippen LogP contribution in [0.15, 0.2) is 36.4 Å². The van der Waals surface area contributed by atoms with Gasteiger partial charge < -0.3 is 24.4 Å². The summed E-state index contributed by atoms with van der Waals surface area (Å²) >= 11 is 0. The van der Waals surface area contributed by atoms with E-state index in [4.69, 9.17) is 14.2 Å². The zero-order chi connectivity index (χ0) is 22.4. The van der Waals surface area contributed by atoms with Gasteiger partial charge >= 0.3 is 0 Å². The Kier molecular flexibility index (Phi) is 7.39. The molecule has 0 saturated carbocycles. The first kappa shape index (κ1) is 22.5. The van der Waals surface area contributed by atoms with Crippen LogP contribution >= 0.6 is 0 Å². The molecule has 3 rings (SSSR count). The fourth-order valence-electron chi connectivity index (χ4n) is 3.80. The molecule has 1 N–H and O–H groups in total. The van der Waals surface area contributed by atoms with Crippen molar-refractivity contribution < 1.29 is 23.8 Å². The fourth-order valence-corrected chi connectivity index (χ4v) is 3.80. The van der Waals surface area contributed by atoms with Gasteiger partial charge in [-0.2, -0.15) is 0 Å². The first-order valence-electron chi connectivity index (χ1n) is 10.5. The highest BCUT2D eigenvalue weighted by Crippen LogP contribution is 2.38. The molecule has 1 saturated heterocycles. The Hall–Kier alpha value is -3.22. The Bertz CT molecular complexity index is 893. The van der Waals surface area contributed by atoms with Crippen molar-refractivity contribution in [2.24, 2.45) is 5.92 Å². The van der Waals surface area contributed by atoms with E-state index in [9.17, 15) is 9.59 Å². The van der Waals surface area contributed by atoms with E-state index >= 15 is 0 Å². The van der Waals surface area contributed by atoms with Gasteiger partial charge in [0.1, 0.15) is 0 Å². The smallest absolute Gasteiger partial charge is 0.254 e. The molecule has 2 aromatic rings. The fraction of sp³-hybridized carbons (Fsp3) is 0.417. The van der Waals surface area contributed by atoms with Gasteiger partial charge in [-0.3, -0.25) is 9.59 Å². The van der Waals surface area contributed by atoms with Crippen molar-refractivity contribution in [2.45, 2.75) is 26.2 Å². The molecule has 0 atom stereocenters. The zero-order valence-corrected chi connectivity index (χ0v) is 18.6. The van der Waals surface area contributed by atoms with Crippen LogP contribution in [-0.2, 0) is 11.2 Å². The van der Waals surface area contributed by atoms with Crippen LogP contribution in [0, 0.1) is 5.92 Å². The van der Waals surface area contributed by atoms with Crippen molar-refractivity contribution in [2.75, 3.05) is 39.7 Å². The van der Waals surface area contributed by atoms with Crippen molar-refractivity contribution in [3.63, 3.8) is 0 Å². The lowest BCUT2D eigenvalue weighted by Crippen LogP contribution is -2.41. The average Bonchev–Trinajstić information content (AvgIpc) is 2.83. The molecule has 2 aromatic carbocycles. The molecule has 0 aromatic heterocycles. The number of carbonyl (C=O) groups is 2. The minimum Gasteiger partial charge on any atom is -0.493 e. The third-order valence-corrected chi connectivity index (χ3v) is 5.69. The predicted octanol–water partition coefficient (Wildman–Crippen LogP) is 3.77. The lowest BCUT2D eigenvalue weighted by atomic mass is 9.95. The van der Waals surface area contributed by atoms with Crippen molar-refractivity contribution in [3.05, 3.63) is 47.5 Å². The van der Waals surface area contributed by atoms with Gasteiger partial charge in [-0.05, 0) is 49.1 Å². The Morgan fingerprint density at radius 3 is 2.03 bits per heavy atom. The minimum absolute atomic E-state index is 0.00383. The lowest BCUT2D eigenvalue weighted by Gasteiger charge is -2.31. The Morgan fingerprint density at radius 1 is 0.968 bits per heavy atom. The number of carbonyl (C=O) groups excluding carboxylic acids is 2. The molecule has 1 aliphatic rings. The second-order valence-corrected chi connectivity index (χ2v) is 7.52. The summed E-state index contributed by atoms with van der Waals surface area (Å²) in [6.07, 6.45) is 2.21. The summed E-state index contributed by atoms with van der Waals surface area (Å²) in [4.78, 5) is 27.4. The van der Waals surface area contributed by atoms with Crippen LogP contribution < -0.4 is 19.5 Å². The van der Waals surface area contributed by atoms with E-state index in [-0.39, 0.29) is 17.7 Å².